The molecule has 1 saturated heterocycles. The van der Waals surface area contributed by atoms with Crippen LogP contribution in [0, 0.1) is 13.8 Å². The summed E-state index contributed by atoms with van der Waals surface area (Å²) < 4.78 is 32.6. The Morgan fingerprint density at radius 2 is 1.89 bits per heavy atom. The number of nitrogens with one attached hydrogen (secondary N) is 1. The Kier molecular flexibility index (Phi) is 4.01. The van der Waals surface area contributed by atoms with Gasteiger partial charge >= 0.3 is 0 Å². The second-order valence-corrected chi connectivity index (χ2v) is 6.89. The molecule has 106 valence electrons. The Labute approximate surface area is 114 Å². The highest BCUT2D eigenvalue weighted by molar-refractivity contribution is 7.93. The fourth-order valence-electron chi connectivity index (χ4n) is 2.23. The third kappa shape index (κ3) is 3.01. The summed E-state index contributed by atoms with van der Waals surface area (Å²) in [6.45, 7) is 4.69. The van der Waals surface area contributed by atoms with E-state index in [-0.39, 0.29) is 5.25 Å². The number of nitrogens with two attached hydrogens (primary N) is 1. The summed E-state index contributed by atoms with van der Waals surface area (Å²) in [7, 11) is -3.38. The molecule has 1 aliphatic heterocycles. The highest BCUT2D eigenvalue weighted by Crippen LogP contribution is 2.28. The summed E-state index contributed by atoms with van der Waals surface area (Å²) in [5, 5.41) is -0.388. The molecule has 0 spiro atoms. The minimum atomic E-state index is -3.38. The molecule has 1 heterocycles. The number of rotatable bonds is 3. The Hall–Kier alpha value is -1.27. The number of hydrogen-bond acceptors (Lipinski definition) is 4. The van der Waals surface area contributed by atoms with Gasteiger partial charge in [-0.25, -0.2) is 8.42 Å². The van der Waals surface area contributed by atoms with Crippen molar-refractivity contribution in [1.82, 2.24) is 0 Å². The normalized spacial score (nSPS) is 17.4. The zero-order chi connectivity index (χ0) is 14.0. The van der Waals surface area contributed by atoms with Crippen molar-refractivity contribution in [3.8, 4) is 0 Å². The van der Waals surface area contributed by atoms with Crippen LogP contribution in [-0.2, 0) is 14.8 Å². The lowest BCUT2D eigenvalue weighted by atomic mass is 10.1. The minimum Gasteiger partial charge on any atom is -0.398 e. The molecular formula is C13H20N2O3S. The lowest BCUT2D eigenvalue weighted by molar-refractivity contribution is 0.0984. The van der Waals surface area contributed by atoms with Gasteiger partial charge in [0.2, 0.25) is 10.0 Å². The minimum absolute atomic E-state index is 0.388. The Morgan fingerprint density at radius 1 is 1.26 bits per heavy atom. The van der Waals surface area contributed by atoms with Crippen molar-refractivity contribution in [2.75, 3.05) is 23.7 Å². The fourth-order valence-corrected chi connectivity index (χ4v) is 3.81. The van der Waals surface area contributed by atoms with Gasteiger partial charge in [0.15, 0.2) is 0 Å². The van der Waals surface area contributed by atoms with Crippen LogP contribution < -0.4 is 10.5 Å². The lowest BCUT2D eigenvalue weighted by Crippen LogP contribution is -2.33. The summed E-state index contributed by atoms with van der Waals surface area (Å²) in [6, 6.07) is 3.61. The number of sulfonamides is 1. The van der Waals surface area contributed by atoms with Gasteiger partial charge in [0.25, 0.3) is 0 Å². The van der Waals surface area contributed by atoms with Gasteiger partial charge < -0.3 is 10.5 Å². The zero-order valence-corrected chi connectivity index (χ0v) is 12.1. The fraction of sp³-hybridized carbons (Fsp3) is 0.538. The average Bonchev–Trinajstić information content (AvgIpc) is 2.40. The van der Waals surface area contributed by atoms with E-state index in [4.69, 9.17) is 10.5 Å². The first-order chi connectivity index (χ1) is 8.92. The van der Waals surface area contributed by atoms with Crippen LogP contribution in [0.3, 0.4) is 0 Å². The Morgan fingerprint density at radius 3 is 2.53 bits per heavy atom. The van der Waals surface area contributed by atoms with Gasteiger partial charge in [0.05, 0.1) is 10.9 Å². The molecule has 0 bridgehead atoms. The lowest BCUT2D eigenvalue weighted by Gasteiger charge is -2.24. The molecule has 1 fully saturated rings. The molecule has 1 aliphatic rings. The van der Waals surface area contributed by atoms with E-state index in [2.05, 4.69) is 4.72 Å². The third-order valence-electron chi connectivity index (χ3n) is 3.57. The van der Waals surface area contributed by atoms with E-state index in [1.165, 1.54) is 0 Å². The molecule has 19 heavy (non-hydrogen) atoms. The van der Waals surface area contributed by atoms with Crippen LogP contribution in [0.2, 0.25) is 0 Å². The number of ether oxygens (including phenoxy) is 1. The molecule has 2 rings (SSSR count). The molecule has 0 radical (unpaired) electrons. The summed E-state index contributed by atoms with van der Waals surface area (Å²) in [5.74, 6) is 0. The molecule has 0 amide bonds. The first-order valence-electron chi connectivity index (χ1n) is 6.37. The van der Waals surface area contributed by atoms with Crippen LogP contribution in [0.4, 0.5) is 11.4 Å². The van der Waals surface area contributed by atoms with E-state index in [1.54, 1.807) is 6.07 Å². The van der Waals surface area contributed by atoms with Crippen molar-refractivity contribution < 1.29 is 13.2 Å². The Balaban J connectivity index is 2.27. The van der Waals surface area contributed by atoms with Crippen molar-refractivity contribution in [2.45, 2.75) is 31.9 Å². The van der Waals surface area contributed by atoms with Gasteiger partial charge in [-0.1, -0.05) is 6.07 Å². The molecule has 0 aliphatic carbocycles. The third-order valence-corrected chi connectivity index (χ3v) is 5.40. The zero-order valence-electron chi connectivity index (χ0n) is 11.3. The number of nitrogen functional groups attached to an aromatic ring is 1. The maximum atomic E-state index is 12.4. The summed E-state index contributed by atoms with van der Waals surface area (Å²) in [5.41, 5.74) is 8.68. The monoisotopic (exact) mass is 284 g/mol. The number of aryl methyl sites for hydroxylation is 1. The van der Waals surface area contributed by atoms with Crippen molar-refractivity contribution in [2.24, 2.45) is 0 Å². The van der Waals surface area contributed by atoms with E-state index >= 15 is 0 Å². The molecule has 0 atom stereocenters. The first kappa shape index (κ1) is 14.1. The Bertz CT molecular complexity index is 563. The molecule has 5 nitrogen and oxygen atoms in total. The number of benzene rings is 1. The smallest absolute Gasteiger partial charge is 0.235 e. The molecule has 1 aromatic carbocycles. The van der Waals surface area contributed by atoms with Crippen molar-refractivity contribution in [3.05, 3.63) is 23.3 Å². The van der Waals surface area contributed by atoms with E-state index in [0.717, 1.165) is 11.1 Å². The van der Waals surface area contributed by atoms with E-state index in [0.29, 0.717) is 37.4 Å². The van der Waals surface area contributed by atoms with Crippen molar-refractivity contribution in [3.63, 3.8) is 0 Å². The predicted octanol–water partition coefficient (Wildman–Crippen LogP) is 1.81. The second kappa shape index (κ2) is 5.38. The summed E-state index contributed by atoms with van der Waals surface area (Å²) in [4.78, 5) is 0. The van der Waals surface area contributed by atoms with Crippen molar-refractivity contribution in [1.29, 1.82) is 0 Å². The number of hydrogen-bond donors (Lipinski definition) is 2. The van der Waals surface area contributed by atoms with Gasteiger partial charge in [-0.2, -0.15) is 0 Å². The van der Waals surface area contributed by atoms with Gasteiger partial charge in [-0.05, 0) is 43.9 Å². The summed E-state index contributed by atoms with van der Waals surface area (Å²) in [6.07, 6.45) is 1.07. The van der Waals surface area contributed by atoms with Crippen LogP contribution in [0.1, 0.15) is 24.0 Å². The van der Waals surface area contributed by atoms with Gasteiger partial charge in [-0.3, -0.25) is 4.72 Å². The molecule has 0 aromatic heterocycles. The first-order valence-corrected chi connectivity index (χ1v) is 7.91. The largest absolute Gasteiger partial charge is 0.398 e. The standard InChI is InChI=1S/C13H20N2O3S/c1-9-3-4-12(14)10(2)13(9)15-19(16,17)11-5-7-18-8-6-11/h3-4,11,15H,5-8,14H2,1-2H3. The van der Waals surface area contributed by atoms with Crippen LogP contribution >= 0.6 is 0 Å². The highest BCUT2D eigenvalue weighted by atomic mass is 32.2. The highest BCUT2D eigenvalue weighted by Gasteiger charge is 2.28. The summed E-state index contributed by atoms with van der Waals surface area (Å²) >= 11 is 0. The van der Waals surface area contributed by atoms with E-state index in [9.17, 15) is 8.42 Å². The van der Waals surface area contributed by atoms with Gasteiger partial charge in [0.1, 0.15) is 0 Å². The maximum Gasteiger partial charge on any atom is 0.235 e. The van der Waals surface area contributed by atoms with Crippen LogP contribution in [0.5, 0.6) is 0 Å². The van der Waals surface area contributed by atoms with Crippen LogP contribution in [0.15, 0.2) is 12.1 Å². The van der Waals surface area contributed by atoms with E-state index < -0.39 is 10.0 Å². The van der Waals surface area contributed by atoms with Gasteiger partial charge in [0, 0.05) is 18.9 Å². The van der Waals surface area contributed by atoms with Crippen LogP contribution in [0.25, 0.3) is 0 Å². The average molecular weight is 284 g/mol. The molecule has 3 N–H and O–H groups in total. The predicted molar refractivity (Wildman–Crippen MR) is 76.7 cm³/mol. The SMILES string of the molecule is Cc1ccc(N)c(C)c1NS(=O)(=O)C1CCOCC1. The molecule has 0 saturated carbocycles. The second-order valence-electron chi connectivity index (χ2n) is 4.93. The maximum absolute atomic E-state index is 12.4. The molecule has 6 heteroatoms. The van der Waals surface area contributed by atoms with E-state index in [1.807, 2.05) is 19.9 Å². The quantitative estimate of drug-likeness (QED) is 0.829. The molecule has 0 unspecified atom stereocenters. The number of anilines is 2. The topological polar surface area (TPSA) is 81.4 Å². The molecular weight excluding hydrogens is 264 g/mol. The van der Waals surface area contributed by atoms with Gasteiger partial charge in [-0.15, -0.1) is 0 Å². The van der Waals surface area contributed by atoms with Crippen molar-refractivity contribution >= 4 is 21.4 Å². The van der Waals surface area contributed by atoms with Crippen LogP contribution in [-0.4, -0.2) is 26.9 Å². The molecule has 1 aromatic rings.